The first-order chi connectivity index (χ1) is 6.71. The molecule has 0 N–H and O–H groups in total. The second-order valence-electron chi connectivity index (χ2n) is 4.68. The summed E-state index contributed by atoms with van der Waals surface area (Å²) < 4.78 is 22.4. The molecule has 0 aromatic rings. The Bertz CT molecular complexity index is 447. The molecule has 1 aliphatic carbocycles. The number of carbonyl (C=O) groups is 2. The lowest BCUT2D eigenvalue weighted by Crippen LogP contribution is -2.49. The number of carboxylic acids is 1. The summed E-state index contributed by atoms with van der Waals surface area (Å²) in [6.07, 6.45) is -0.0415. The number of hydrogen-bond acceptors (Lipinski definition) is 5. The van der Waals surface area contributed by atoms with Gasteiger partial charge >= 0.3 is 0 Å². The largest absolute Gasteiger partial charge is 0.550 e. The van der Waals surface area contributed by atoms with Gasteiger partial charge in [-0.1, -0.05) is 0 Å². The van der Waals surface area contributed by atoms with Crippen molar-refractivity contribution in [2.75, 3.05) is 0 Å². The van der Waals surface area contributed by atoms with Gasteiger partial charge in [0.05, 0.1) is 10.00 Å². The molecule has 0 amide bonds. The van der Waals surface area contributed by atoms with Gasteiger partial charge in [-0.25, -0.2) is 8.42 Å². The number of aliphatic carboxylic acids is 1. The molecule has 3 unspecified atom stereocenters. The van der Waals surface area contributed by atoms with Gasteiger partial charge in [0, 0.05) is 24.2 Å². The third-order valence-electron chi connectivity index (χ3n) is 3.67. The van der Waals surface area contributed by atoms with E-state index in [9.17, 15) is 23.1 Å². The van der Waals surface area contributed by atoms with Crippen molar-refractivity contribution >= 4 is 21.6 Å². The number of hydrogen-bond donors (Lipinski definition) is 0. The highest BCUT2D eigenvalue weighted by Crippen LogP contribution is 2.52. The number of sulfone groups is 1. The summed E-state index contributed by atoms with van der Waals surface area (Å²) in [7, 11) is -3.53. The van der Waals surface area contributed by atoms with Crippen LogP contribution in [0, 0.1) is 11.8 Å². The van der Waals surface area contributed by atoms with Gasteiger partial charge in [-0.2, -0.15) is 0 Å². The summed E-state index contributed by atoms with van der Waals surface area (Å²) in [6, 6.07) is 0. The average molecular weight is 231 g/mol. The summed E-state index contributed by atoms with van der Waals surface area (Å²) in [5.74, 6) is -3.80. The first-order valence-corrected chi connectivity index (χ1v) is 6.23. The molecule has 1 saturated carbocycles. The SMILES string of the molecule is CC1(C)C(C(=O)[O-])C2C(=O)CC2S1(=O)=O. The van der Waals surface area contributed by atoms with E-state index in [-0.39, 0.29) is 12.2 Å². The van der Waals surface area contributed by atoms with Gasteiger partial charge in [0.2, 0.25) is 0 Å². The van der Waals surface area contributed by atoms with Gasteiger partial charge in [0.15, 0.2) is 9.84 Å². The molecule has 6 heteroatoms. The van der Waals surface area contributed by atoms with Crippen molar-refractivity contribution in [1.29, 1.82) is 0 Å². The lowest BCUT2D eigenvalue weighted by Gasteiger charge is -2.32. The number of fused-ring (bicyclic) bond motifs is 1. The van der Waals surface area contributed by atoms with Gasteiger partial charge in [-0.05, 0) is 13.8 Å². The van der Waals surface area contributed by atoms with Gasteiger partial charge < -0.3 is 9.90 Å². The minimum absolute atomic E-state index is 0.0415. The van der Waals surface area contributed by atoms with Crippen molar-refractivity contribution < 1.29 is 23.1 Å². The summed E-state index contributed by atoms with van der Waals surface area (Å²) in [5.41, 5.74) is 0. The molecule has 2 aliphatic rings. The van der Waals surface area contributed by atoms with Gasteiger partial charge in [0.1, 0.15) is 5.78 Å². The zero-order chi connectivity index (χ0) is 11.6. The molecule has 0 aromatic heterocycles. The van der Waals surface area contributed by atoms with Crippen LogP contribution in [0.25, 0.3) is 0 Å². The number of ketones is 1. The fourth-order valence-electron chi connectivity index (χ4n) is 2.64. The molecular formula is C9H11O5S-. The lowest BCUT2D eigenvalue weighted by molar-refractivity contribution is -0.314. The van der Waals surface area contributed by atoms with E-state index in [1.807, 2.05) is 0 Å². The van der Waals surface area contributed by atoms with Crippen molar-refractivity contribution in [2.24, 2.45) is 11.8 Å². The maximum absolute atomic E-state index is 11.9. The topological polar surface area (TPSA) is 91.3 Å². The Hall–Kier alpha value is -0.910. The zero-order valence-electron chi connectivity index (χ0n) is 8.39. The van der Waals surface area contributed by atoms with Crippen LogP contribution >= 0.6 is 0 Å². The van der Waals surface area contributed by atoms with Crippen molar-refractivity contribution in [3.8, 4) is 0 Å². The maximum Gasteiger partial charge on any atom is 0.160 e. The van der Waals surface area contributed by atoms with Gasteiger partial charge in [-0.15, -0.1) is 0 Å². The third-order valence-corrected chi connectivity index (χ3v) is 6.65. The molecule has 1 heterocycles. The Balaban J connectivity index is 2.57. The molecule has 1 saturated heterocycles. The molecule has 15 heavy (non-hydrogen) atoms. The van der Waals surface area contributed by atoms with E-state index in [2.05, 4.69) is 0 Å². The molecule has 5 nitrogen and oxygen atoms in total. The van der Waals surface area contributed by atoms with Crippen LogP contribution in [-0.4, -0.2) is 30.2 Å². The summed E-state index contributed by atoms with van der Waals surface area (Å²) in [6.45, 7) is 2.71. The van der Waals surface area contributed by atoms with Crippen LogP contribution in [0.4, 0.5) is 0 Å². The van der Waals surface area contributed by atoms with Crippen molar-refractivity contribution in [2.45, 2.75) is 30.3 Å². The number of carbonyl (C=O) groups excluding carboxylic acids is 2. The van der Waals surface area contributed by atoms with E-state index in [0.29, 0.717) is 0 Å². The molecule has 0 radical (unpaired) electrons. The van der Waals surface area contributed by atoms with Gasteiger partial charge in [0.25, 0.3) is 0 Å². The molecule has 2 fully saturated rings. The highest BCUT2D eigenvalue weighted by Gasteiger charge is 2.67. The van der Waals surface area contributed by atoms with Crippen LogP contribution in [0.2, 0.25) is 0 Å². The Morgan fingerprint density at radius 3 is 2.33 bits per heavy atom. The second kappa shape index (κ2) is 2.61. The van der Waals surface area contributed by atoms with E-state index >= 15 is 0 Å². The first-order valence-electron chi connectivity index (χ1n) is 4.68. The molecule has 3 atom stereocenters. The molecule has 2 rings (SSSR count). The smallest absolute Gasteiger partial charge is 0.160 e. The number of Topliss-reactive ketones (excluding diaryl/α,β-unsaturated/α-hetero) is 1. The van der Waals surface area contributed by atoms with Crippen LogP contribution < -0.4 is 5.11 Å². The Morgan fingerprint density at radius 2 is 2.00 bits per heavy atom. The Morgan fingerprint density at radius 1 is 1.47 bits per heavy atom. The summed E-state index contributed by atoms with van der Waals surface area (Å²) in [5, 5.41) is 10.1. The number of carboxylic acid groups (broad SMARTS) is 1. The van der Waals surface area contributed by atoms with E-state index < -0.39 is 37.6 Å². The van der Waals surface area contributed by atoms with E-state index in [1.165, 1.54) is 13.8 Å². The maximum atomic E-state index is 11.9. The zero-order valence-corrected chi connectivity index (χ0v) is 9.21. The van der Waals surface area contributed by atoms with E-state index in [1.54, 1.807) is 0 Å². The van der Waals surface area contributed by atoms with Crippen molar-refractivity contribution in [3.63, 3.8) is 0 Å². The molecule has 0 aromatic carbocycles. The van der Waals surface area contributed by atoms with Gasteiger partial charge in [-0.3, -0.25) is 4.79 Å². The van der Waals surface area contributed by atoms with Crippen molar-refractivity contribution in [1.82, 2.24) is 0 Å². The average Bonchev–Trinajstić information content (AvgIpc) is 2.19. The van der Waals surface area contributed by atoms with E-state index in [4.69, 9.17) is 0 Å². The van der Waals surface area contributed by atoms with Crippen LogP contribution in [-0.2, 0) is 19.4 Å². The third kappa shape index (κ3) is 1.00. The van der Waals surface area contributed by atoms with E-state index in [0.717, 1.165) is 0 Å². The fourth-order valence-corrected chi connectivity index (χ4v) is 5.10. The quantitative estimate of drug-likeness (QED) is 0.548. The molecule has 84 valence electrons. The fraction of sp³-hybridized carbons (Fsp3) is 0.778. The summed E-state index contributed by atoms with van der Waals surface area (Å²) in [4.78, 5) is 22.2. The van der Waals surface area contributed by atoms with Crippen LogP contribution in [0.15, 0.2) is 0 Å². The molecule has 0 spiro atoms. The predicted octanol–water partition coefficient (Wildman–Crippen LogP) is -1.48. The van der Waals surface area contributed by atoms with Crippen LogP contribution in [0.1, 0.15) is 20.3 Å². The molecular weight excluding hydrogens is 220 g/mol. The van der Waals surface area contributed by atoms with Crippen molar-refractivity contribution in [3.05, 3.63) is 0 Å². The monoisotopic (exact) mass is 231 g/mol. The normalized spacial score (nSPS) is 40.7. The first kappa shape index (κ1) is 10.6. The molecule has 0 bridgehead atoms. The minimum Gasteiger partial charge on any atom is -0.550 e. The number of rotatable bonds is 1. The highest BCUT2D eigenvalue weighted by molar-refractivity contribution is 7.93. The molecule has 1 aliphatic heterocycles. The van der Waals surface area contributed by atoms with Crippen LogP contribution in [0.3, 0.4) is 0 Å². The minimum atomic E-state index is -3.53. The predicted molar refractivity (Wildman–Crippen MR) is 48.4 cm³/mol. The summed E-state index contributed by atoms with van der Waals surface area (Å²) >= 11 is 0. The Kier molecular flexibility index (Phi) is 1.84. The highest BCUT2D eigenvalue weighted by atomic mass is 32.2. The second-order valence-corrected chi connectivity index (χ2v) is 7.43. The lowest BCUT2D eigenvalue weighted by atomic mass is 9.70. The standard InChI is InChI=1S/C9H12O5S/c1-9(2)7(8(11)12)6-4(10)3-5(6)15(9,13)14/h5-7H,3H2,1-2H3,(H,11,12)/p-1. The Labute approximate surface area is 87.4 Å². The van der Waals surface area contributed by atoms with Crippen LogP contribution in [0.5, 0.6) is 0 Å².